The zero-order chi connectivity index (χ0) is 16.8. The van der Waals surface area contributed by atoms with E-state index in [4.69, 9.17) is 20.3 Å². The predicted molar refractivity (Wildman–Crippen MR) is 83.0 cm³/mol. The summed E-state index contributed by atoms with van der Waals surface area (Å²) in [5.41, 5.74) is 6.87. The van der Waals surface area contributed by atoms with Crippen molar-refractivity contribution in [2.75, 3.05) is 7.11 Å². The quantitative estimate of drug-likeness (QED) is 0.819. The highest BCUT2D eigenvalue weighted by molar-refractivity contribution is 5.73. The minimum atomic E-state index is -1.09. The largest absolute Gasteiger partial charge is 0.493 e. The van der Waals surface area contributed by atoms with E-state index in [2.05, 4.69) is 0 Å². The van der Waals surface area contributed by atoms with E-state index in [-0.39, 0.29) is 18.8 Å². The van der Waals surface area contributed by atoms with Gasteiger partial charge in [-0.3, -0.25) is 4.79 Å². The molecular formula is C17H18FNO4. The van der Waals surface area contributed by atoms with Crippen LogP contribution in [0.1, 0.15) is 11.1 Å². The molecule has 0 amide bonds. The summed E-state index contributed by atoms with van der Waals surface area (Å²) < 4.78 is 24.2. The average molecular weight is 319 g/mol. The van der Waals surface area contributed by atoms with Crippen molar-refractivity contribution in [3.05, 3.63) is 59.4 Å². The number of aliphatic carboxylic acids is 1. The van der Waals surface area contributed by atoms with Gasteiger partial charge in [-0.1, -0.05) is 24.3 Å². The third-order valence-corrected chi connectivity index (χ3v) is 3.31. The minimum absolute atomic E-state index is 0.102. The van der Waals surface area contributed by atoms with Crippen molar-refractivity contribution in [1.82, 2.24) is 0 Å². The second-order valence-corrected chi connectivity index (χ2v) is 5.02. The number of ether oxygens (including phenoxy) is 2. The number of carbonyl (C=O) groups is 1. The van der Waals surface area contributed by atoms with E-state index in [0.29, 0.717) is 22.6 Å². The second kappa shape index (κ2) is 7.60. The maximum Gasteiger partial charge on any atom is 0.320 e. The van der Waals surface area contributed by atoms with Crippen LogP contribution in [-0.2, 0) is 17.8 Å². The molecule has 5 nitrogen and oxygen atoms in total. The number of nitrogens with two attached hydrogens (primary N) is 1. The summed E-state index contributed by atoms with van der Waals surface area (Å²) in [5.74, 6) is -0.560. The lowest BCUT2D eigenvalue weighted by Gasteiger charge is -2.16. The van der Waals surface area contributed by atoms with E-state index in [0.717, 1.165) is 0 Å². The molecule has 0 bridgehead atoms. The monoisotopic (exact) mass is 319 g/mol. The highest BCUT2D eigenvalue weighted by Gasteiger charge is 2.18. The lowest BCUT2D eigenvalue weighted by Crippen LogP contribution is -2.32. The first-order valence-corrected chi connectivity index (χ1v) is 7.02. The molecule has 2 rings (SSSR count). The summed E-state index contributed by atoms with van der Waals surface area (Å²) in [6.07, 6.45) is 0.102. The molecule has 0 saturated heterocycles. The fourth-order valence-corrected chi connectivity index (χ4v) is 2.15. The van der Waals surface area contributed by atoms with Gasteiger partial charge in [-0.2, -0.15) is 0 Å². The average Bonchev–Trinajstić information content (AvgIpc) is 2.53. The Bertz CT molecular complexity index is 690. The van der Waals surface area contributed by atoms with Gasteiger partial charge in [0.2, 0.25) is 0 Å². The molecular weight excluding hydrogens is 301 g/mol. The summed E-state index contributed by atoms with van der Waals surface area (Å²) in [6, 6.07) is 10.2. The number of carboxylic acids is 1. The Morgan fingerprint density at radius 1 is 1.30 bits per heavy atom. The Hall–Kier alpha value is -2.60. The van der Waals surface area contributed by atoms with Gasteiger partial charge in [-0.25, -0.2) is 4.39 Å². The van der Waals surface area contributed by atoms with Crippen molar-refractivity contribution in [2.24, 2.45) is 5.73 Å². The minimum Gasteiger partial charge on any atom is -0.493 e. The molecule has 23 heavy (non-hydrogen) atoms. The maximum atomic E-state index is 13.2. The molecule has 0 fully saturated rings. The first kappa shape index (κ1) is 16.8. The standard InChI is InChI=1S/C17H18FNO4/c1-22-15-7-3-5-12(9-14(19)17(20)21)16(15)23-10-11-4-2-6-13(18)8-11/h2-8,14H,9-10,19H2,1H3,(H,20,21). The first-order chi connectivity index (χ1) is 11.0. The molecule has 0 saturated carbocycles. The van der Waals surface area contributed by atoms with Crippen LogP contribution in [0.4, 0.5) is 4.39 Å². The van der Waals surface area contributed by atoms with Gasteiger partial charge < -0.3 is 20.3 Å². The second-order valence-electron chi connectivity index (χ2n) is 5.02. The molecule has 0 aliphatic heterocycles. The van der Waals surface area contributed by atoms with Gasteiger partial charge in [0.05, 0.1) is 7.11 Å². The van der Waals surface area contributed by atoms with Gasteiger partial charge in [0.1, 0.15) is 18.5 Å². The van der Waals surface area contributed by atoms with Crippen LogP contribution in [0.3, 0.4) is 0 Å². The molecule has 0 radical (unpaired) electrons. The molecule has 2 aromatic rings. The van der Waals surface area contributed by atoms with Crippen LogP contribution < -0.4 is 15.2 Å². The number of carboxylic acid groups (broad SMARTS) is 1. The van der Waals surface area contributed by atoms with Crippen molar-refractivity contribution in [1.29, 1.82) is 0 Å². The van der Waals surface area contributed by atoms with Crippen LogP contribution in [0.5, 0.6) is 11.5 Å². The van der Waals surface area contributed by atoms with Gasteiger partial charge in [0.25, 0.3) is 0 Å². The topological polar surface area (TPSA) is 81.8 Å². The molecule has 0 aliphatic carbocycles. The number of benzene rings is 2. The third kappa shape index (κ3) is 4.43. The Balaban J connectivity index is 2.22. The lowest BCUT2D eigenvalue weighted by molar-refractivity contribution is -0.138. The number of methoxy groups -OCH3 is 1. The molecule has 1 unspecified atom stereocenters. The summed E-state index contributed by atoms with van der Waals surface area (Å²) in [5, 5.41) is 8.96. The van der Waals surface area contributed by atoms with Crippen LogP contribution in [-0.4, -0.2) is 24.2 Å². The lowest BCUT2D eigenvalue weighted by atomic mass is 10.0. The molecule has 0 spiro atoms. The zero-order valence-electron chi connectivity index (χ0n) is 12.7. The predicted octanol–water partition coefficient (Wildman–Crippen LogP) is 2.37. The van der Waals surface area contributed by atoms with E-state index in [1.807, 2.05) is 0 Å². The van der Waals surface area contributed by atoms with Crippen molar-refractivity contribution in [3.63, 3.8) is 0 Å². The normalized spacial score (nSPS) is 11.8. The highest BCUT2D eigenvalue weighted by Crippen LogP contribution is 2.32. The van der Waals surface area contributed by atoms with Crippen LogP contribution in [0.2, 0.25) is 0 Å². The third-order valence-electron chi connectivity index (χ3n) is 3.31. The van der Waals surface area contributed by atoms with E-state index in [9.17, 15) is 9.18 Å². The van der Waals surface area contributed by atoms with Gasteiger partial charge in [-0.05, 0) is 23.8 Å². The molecule has 2 aromatic carbocycles. The van der Waals surface area contributed by atoms with E-state index >= 15 is 0 Å². The smallest absolute Gasteiger partial charge is 0.320 e. The van der Waals surface area contributed by atoms with Gasteiger partial charge >= 0.3 is 5.97 Å². The van der Waals surface area contributed by atoms with Crippen LogP contribution in [0.25, 0.3) is 0 Å². The van der Waals surface area contributed by atoms with E-state index in [1.54, 1.807) is 30.3 Å². The highest BCUT2D eigenvalue weighted by atomic mass is 19.1. The van der Waals surface area contributed by atoms with Gasteiger partial charge in [0.15, 0.2) is 11.5 Å². The fourth-order valence-electron chi connectivity index (χ4n) is 2.15. The molecule has 122 valence electrons. The van der Waals surface area contributed by atoms with E-state index < -0.39 is 12.0 Å². The number of para-hydroxylation sites is 1. The van der Waals surface area contributed by atoms with Crippen molar-refractivity contribution < 1.29 is 23.8 Å². The maximum absolute atomic E-state index is 13.2. The number of hydrogen-bond acceptors (Lipinski definition) is 4. The van der Waals surface area contributed by atoms with Crippen molar-refractivity contribution >= 4 is 5.97 Å². The van der Waals surface area contributed by atoms with Gasteiger partial charge in [0, 0.05) is 12.0 Å². The van der Waals surface area contributed by atoms with Crippen LogP contribution in [0, 0.1) is 5.82 Å². The summed E-state index contributed by atoms with van der Waals surface area (Å²) in [4.78, 5) is 10.9. The molecule has 6 heteroatoms. The van der Waals surface area contributed by atoms with Crippen LogP contribution in [0.15, 0.2) is 42.5 Å². The number of halogens is 1. The van der Waals surface area contributed by atoms with Crippen LogP contribution >= 0.6 is 0 Å². The fraction of sp³-hybridized carbons (Fsp3) is 0.235. The Kier molecular flexibility index (Phi) is 5.54. The zero-order valence-corrected chi connectivity index (χ0v) is 12.7. The van der Waals surface area contributed by atoms with Gasteiger partial charge in [-0.15, -0.1) is 0 Å². The van der Waals surface area contributed by atoms with E-state index in [1.165, 1.54) is 19.2 Å². The Morgan fingerprint density at radius 2 is 2.04 bits per heavy atom. The molecule has 1 atom stereocenters. The Morgan fingerprint density at radius 3 is 2.70 bits per heavy atom. The summed E-state index contributed by atoms with van der Waals surface area (Å²) in [7, 11) is 1.49. The Labute approximate surface area is 133 Å². The van der Waals surface area contributed by atoms with Crippen molar-refractivity contribution in [2.45, 2.75) is 19.1 Å². The number of rotatable bonds is 7. The number of hydrogen-bond donors (Lipinski definition) is 2. The summed E-state index contributed by atoms with van der Waals surface area (Å²) >= 11 is 0. The molecule has 0 heterocycles. The molecule has 0 aromatic heterocycles. The molecule has 0 aliphatic rings. The first-order valence-electron chi connectivity index (χ1n) is 7.02. The van der Waals surface area contributed by atoms with Crippen molar-refractivity contribution in [3.8, 4) is 11.5 Å². The SMILES string of the molecule is COc1cccc(CC(N)C(=O)O)c1OCc1cccc(F)c1. The summed E-state index contributed by atoms with van der Waals surface area (Å²) in [6.45, 7) is 0.132. The molecule has 3 N–H and O–H groups in total.